The summed E-state index contributed by atoms with van der Waals surface area (Å²) in [5.41, 5.74) is 4.01. The Morgan fingerprint density at radius 3 is 2.31 bits per heavy atom. The number of nitrogens with zero attached hydrogens (tertiary/aromatic N) is 2. The van der Waals surface area contributed by atoms with Gasteiger partial charge in [0, 0.05) is 44.8 Å². The van der Waals surface area contributed by atoms with Crippen LogP contribution in [0.5, 0.6) is 5.75 Å². The molecule has 0 aromatic heterocycles. The molecule has 0 unspecified atom stereocenters. The Hall–Kier alpha value is -2.62. The third-order valence-corrected chi connectivity index (χ3v) is 5.75. The summed E-state index contributed by atoms with van der Waals surface area (Å²) in [6.07, 6.45) is 2.30. The van der Waals surface area contributed by atoms with Gasteiger partial charge in [-0.1, -0.05) is 72.3 Å². The van der Waals surface area contributed by atoms with Gasteiger partial charge in [0.1, 0.15) is 5.75 Å². The van der Waals surface area contributed by atoms with Gasteiger partial charge < -0.3 is 4.74 Å². The molecule has 0 radical (unpaired) electrons. The van der Waals surface area contributed by atoms with Crippen molar-refractivity contribution < 1.29 is 4.74 Å². The molecule has 1 aliphatic rings. The summed E-state index contributed by atoms with van der Waals surface area (Å²) in [6.45, 7) is 8.61. The molecule has 1 aliphatic heterocycles. The number of fused-ring (bicyclic) bond motifs is 1. The molecule has 0 amide bonds. The van der Waals surface area contributed by atoms with E-state index in [9.17, 15) is 0 Å². The largest absolute Gasteiger partial charge is 0.496 e. The number of ether oxygens (including phenoxy) is 1. The predicted octanol–water partition coefficient (Wildman–Crippen LogP) is 5.07. The first kappa shape index (κ1) is 19.7. The lowest BCUT2D eigenvalue weighted by atomic mass is 10.0. The fourth-order valence-corrected chi connectivity index (χ4v) is 4.23. The van der Waals surface area contributed by atoms with E-state index in [1.54, 1.807) is 7.11 Å². The Bertz CT molecular complexity index is 972. The predicted molar refractivity (Wildman–Crippen MR) is 122 cm³/mol. The summed E-state index contributed by atoms with van der Waals surface area (Å²) in [7, 11) is 1.77. The summed E-state index contributed by atoms with van der Waals surface area (Å²) >= 11 is 0. The van der Waals surface area contributed by atoms with E-state index in [4.69, 9.17) is 4.74 Å². The Kier molecular flexibility index (Phi) is 6.28. The molecule has 3 aromatic carbocycles. The topological polar surface area (TPSA) is 15.7 Å². The average molecular weight is 387 g/mol. The summed E-state index contributed by atoms with van der Waals surface area (Å²) in [4.78, 5) is 5.11. The van der Waals surface area contributed by atoms with Crippen molar-refractivity contribution in [3.05, 3.63) is 83.4 Å². The van der Waals surface area contributed by atoms with E-state index in [1.807, 2.05) is 0 Å². The Morgan fingerprint density at radius 1 is 0.862 bits per heavy atom. The fraction of sp³-hybridized carbons (Fsp3) is 0.308. The van der Waals surface area contributed by atoms with Crippen molar-refractivity contribution in [2.75, 3.05) is 39.8 Å². The maximum atomic E-state index is 5.68. The summed E-state index contributed by atoms with van der Waals surface area (Å²) in [6, 6.07) is 23.4. The highest BCUT2D eigenvalue weighted by Crippen LogP contribution is 2.29. The normalized spacial score (nSPS) is 16.3. The molecule has 0 spiro atoms. The molecule has 0 N–H and O–H groups in total. The molecule has 1 saturated heterocycles. The molecular formula is C26H30N2O. The third-order valence-electron chi connectivity index (χ3n) is 5.75. The van der Waals surface area contributed by atoms with E-state index >= 15 is 0 Å². The zero-order chi connectivity index (χ0) is 20.1. The van der Waals surface area contributed by atoms with Crippen molar-refractivity contribution in [3.63, 3.8) is 0 Å². The highest BCUT2D eigenvalue weighted by atomic mass is 16.5. The van der Waals surface area contributed by atoms with Crippen LogP contribution in [0.3, 0.4) is 0 Å². The van der Waals surface area contributed by atoms with Crippen molar-refractivity contribution in [3.8, 4) is 5.75 Å². The van der Waals surface area contributed by atoms with Crippen LogP contribution in [0.2, 0.25) is 0 Å². The van der Waals surface area contributed by atoms with Crippen LogP contribution in [0.15, 0.2) is 72.3 Å². The van der Waals surface area contributed by atoms with E-state index in [0.29, 0.717) is 0 Å². The van der Waals surface area contributed by atoms with E-state index in [2.05, 4.69) is 89.5 Å². The molecule has 0 saturated carbocycles. The summed E-state index contributed by atoms with van der Waals surface area (Å²) < 4.78 is 5.68. The van der Waals surface area contributed by atoms with Gasteiger partial charge in [-0.25, -0.2) is 0 Å². The fourth-order valence-electron chi connectivity index (χ4n) is 4.23. The molecule has 0 aliphatic carbocycles. The zero-order valence-electron chi connectivity index (χ0n) is 17.5. The molecule has 29 heavy (non-hydrogen) atoms. The van der Waals surface area contributed by atoms with Gasteiger partial charge in [-0.15, -0.1) is 0 Å². The van der Waals surface area contributed by atoms with E-state index in [-0.39, 0.29) is 0 Å². The van der Waals surface area contributed by atoms with Gasteiger partial charge in [0.2, 0.25) is 0 Å². The number of hydrogen-bond acceptors (Lipinski definition) is 3. The van der Waals surface area contributed by atoms with Crippen LogP contribution in [-0.4, -0.2) is 49.6 Å². The van der Waals surface area contributed by atoms with Crippen LogP contribution in [0, 0.1) is 0 Å². The minimum Gasteiger partial charge on any atom is -0.496 e. The average Bonchev–Trinajstić information content (AvgIpc) is 2.76. The maximum Gasteiger partial charge on any atom is 0.123 e. The van der Waals surface area contributed by atoms with Gasteiger partial charge in [-0.05, 0) is 29.3 Å². The smallest absolute Gasteiger partial charge is 0.123 e. The van der Waals surface area contributed by atoms with Crippen molar-refractivity contribution in [1.29, 1.82) is 0 Å². The summed E-state index contributed by atoms with van der Waals surface area (Å²) in [5.74, 6) is 0.993. The van der Waals surface area contributed by atoms with Crippen LogP contribution in [-0.2, 0) is 6.54 Å². The lowest BCUT2D eigenvalue weighted by Gasteiger charge is -2.35. The Morgan fingerprint density at radius 2 is 1.55 bits per heavy atom. The van der Waals surface area contributed by atoms with Crippen molar-refractivity contribution in [2.24, 2.45) is 0 Å². The third kappa shape index (κ3) is 4.87. The number of benzene rings is 3. The quantitative estimate of drug-likeness (QED) is 0.588. The molecule has 3 nitrogen and oxygen atoms in total. The Labute approximate surface area is 174 Å². The summed E-state index contributed by atoms with van der Waals surface area (Å²) in [5, 5.41) is 2.58. The van der Waals surface area contributed by atoms with Gasteiger partial charge in [0.25, 0.3) is 0 Å². The van der Waals surface area contributed by atoms with E-state index in [0.717, 1.165) is 45.0 Å². The van der Waals surface area contributed by atoms with Crippen molar-refractivity contribution in [1.82, 2.24) is 9.80 Å². The molecule has 1 fully saturated rings. The van der Waals surface area contributed by atoms with Crippen LogP contribution in [0.1, 0.15) is 18.1 Å². The molecule has 0 bridgehead atoms. The highest BCUT2D eigenvalue weighted by Gasteiger charge is 2.19. The van der Waals surface area contributed by atoms with E-state index < -0.39 is 0 Å². The second-order valence-corrected chi connectivity index (χ2v) is 7.92. The molecule has 3 aromatic rings. The lowest BCUT2D eigenvalue weighted by molar-refractivity contribution is 0.134. The zero-order valence-corrected chi connectivity index (χ0v) is 17.5. The highest BCUT2D eigenvalue weighted by molar-refractivity contribution is 5.87. The van der Waals surface area contributed by atoms with Crippen LogP contribution < -0.4 is 4.74 Å². The van der Waals surface area contributed by atoms with Crippen molar-refractivity contribution in [2.45, 2.75) is 13.5 Å². The first-order valence-corrected chi connectivity index (χ1v) is 10.4. The minimum atomic E-state index is 0.942. The number of hydrogen-bond donors (Lipinski definition) is 0. The standard InChI is InChI=1S/C26H30N2O/c1-21(18-22-8-4-3-5-9-22)19-27-14-16-28(17-15-27)20-25-24-11-7-6-10-23(24)12-13-26(25)29-2/h3-13,18H,14-17,19-20H2,1-2H3/b21-18+. The van der Waals surface area contributed by atoms with Gasteiger partial charge in [0.15, 0.2) is 0 Å². The van der Waals surface area contributed by atoms with Gasteiger partial charge in [0.05, 0.1) is 7.11 Å². The number of methoxy groups -OCH3 is 1. The maximum absolute atomic E-state index is 5.68. The van der Waals surface area contributed by atoms with E-state index in [1.165, 1.54) is 27.5 Å². The number of piperazine rings is 1. The minimum absolute atomic E-state index is 0.942. The van der Waals surface area contributed by atoms with Gasteiger partial charge >= 0.3 is 0 Å². The molecule has 4 rings (SSSR count). The Balaban J connectivity index is 1.38. The molecular weight excluding hydrogens is 356 g/mol. The lowest BCUT2D eigenvalue weighted by Crippen LogP contribution is -2.46. The van der Waals surface area contributed by atoms with Crippen LogP contribution in [0.25, 0.3) is 16.8 Å². The monoisotopic (exact) mass is 386 g/mol. The first-order chi connectivity index (χ1) is 14.2. The number of rotatable bonds is 6. The van der Waals surface area contributed by atoms with Crippen LogP contribution >= 0.6 is 0 Å². The first-order valence-electron chi connectivity index (χ1n) is 10.4. The van der Waals surface area contributed by atoms with Gasteiger partial charge in [-0.3, -0.25) is 9.80 Å². The second-order valence-electron chi connectivity index (χ2n) is 7.92. The molecule has 3 heteroatoms. The SMILES string of the molecule is COc1ccc2ccccc2c1CN1CCN(C/C(C)=C/c2ccccc2)CC1. The molecule has 0 atom stereocenters. The van der Waals surface area contributed by atoms with Crippen molar-refractivity contribution >= 4 is 16.8 Å². The molecule has 150 valence electrons. The molecule has 1 heterocycles. The van der Waals surface area contributed by atoms with Gasteiger partial charge in [-0.2, -0.15) is 0 Å². The van der Waals surface area contributed by atoms with Crippen LogP contribution in [0.4, 0.5) is 0 Å². The second kappa shape index (κ2) is 9.25.